The van der Waals surface area contributed by atoms with Crippen molar-refractivity contribution in [1.29, 1.82) is 5.26 Å². The zero-order chi connectivity index (χ0) is 19.1. The molecule has 1 amide bonds. The predicted molar refractivity (Wildman–Crippen MR) is 101 cm³/mol. The highest BCUT2D eigenvalue weighted by Crippen LogP contribution is 2.30. The Kier molecular flexibility index (Phi) is 5.87. The van der Waals surface area contributed by atoms with Gasteiger partial charge in [0, 0.05) is 19.9 Å². The van der Waals surface area contributed by atoms with Crippen molar-refractivity contribution in [2.24, 2.45) is 0 Å². The molecule has 3 aromatic rings. The molecule has 0 spiro atoms. The van der Waals surface area contributed by atoms with E-state index in [2.05, 4.69) is 11.4 Å². The maximum atomic E-state index is 12.6. The Hall–Kier alpha value is -3.56. The summed E-state index contributed by atoms with van der Waals surface area (Å²) in [5.74, 6) is 0.918. The lowest BCUT2D eigenvalue weighted by Gasteiger charge is -2.15. The van der Waals surface area contributed by atoms with Crippen LogP contribution < -0.4 is 10.1 Å². The van der Waals surface area contributed by atoms with E-state index >= 15 is 0 Å². The van der Waals surface area contributed by atoms with Gasteiger partial charge in [-0.3, -0.25) is 4.79 Å². The maximum absolute atomic E-state index is 12.6. The van der Waals surface area contributed by atoms with Crippen LogP contribution in [0.1, 0.15) is 16.1 Å². The number of nitrogens with zero attached hydrogens (tertiary/aromatic N) is 2. The van der Waals surface area contributed by atoms with E-state index in [1.807, 2.05) is 54.6 Å². The summed E-state index contributed by atoms with van der Waals surface area (Å²) < 4.78 is 12.6. The highest BCUT2D eigenvalue weighted by Gasteiger charge is 2.20. The van der Waals surface area contributed by atoms with Gasteiger partial charge in [-0.15, -0.1) is 0 Å². The van der Waals surface area contributed by atoms with Gasteiger partial charge in [0.2, 0.25) is 0 Å². The number of methoxy groups -OCH3 is 1. The summed E-state index contributed by atoms with van der Waals surface area (Å²) in [5.41, 5.74) is 1.22. The highest BCUT2D eigenvalue weighted by atomic mass is 16.5. The van der Waals surface area contributed by atoms with Gasteiger partial charge in [-0.05, 0) is 30.3 Å². The zero-order valence-electron chi connectivity index (χ0n) is 14.9. The van der Waals surface area contributed by atoms with Crippen molar-refractivity contribution in [3.8, 4) is 23.3 Å². The van der Waals surface area contributed by atoms with Crippen molar-refractivity contribution in [3.05, 3.63) is 78.1 Å². The molecule has 0 aliphatic rings. The summed E-state index contributed by atoms with van der Waals surface area (Å²) in [4.78, 5) is 12.6. The quantitative estimate of drug-likeness (QED) is 0.653. The van der Waals surface area contributed by atoms with Crippen LogP contribution in [0.5, 0.6) is 11.5 Å². The van der Waals surface area contributed by atoms with Crippen LogP contribution in [0.4, 0.5) is 0 Å². The monoisotopic (exact) mass is 361 g/mol. The largest absolute Gasteiger partial charge is 0.455 e. The lowest BCUT2D eigenvalue weighted by atomic mass is 10.2. The fourth-order valence-corrected chi connectivity index (χ4v) is 2.66. The molecule has 27 heavy (non-hydrogen) atoms. The van der Waals surface area contributed by atoms with Crippen LogP contribution in [-0.2, 0) is 4.74 Å². The van der Waals surface area contributed by atoms with E-state index < -0.39 is 0 Å². The van der Waals surface area contributed by atoms with Crippen LogP contribution in [0.25, 0.3) is 5.69 Å². The molecule has 0 aliphatic heterocycles. The second-order valence-electron chi connectivity index (χ2n) is 5.69. The van der Waals surface area contributed by atoms with Gasteiger partial charge < -0.3 is 19.4 Å². The molecule has 0 saturated heterocycles. The summed E-state index contributed by atoms with van der Waals surface area (Å²) >= 11 is 0. The molecular weight excluding hydrogens is 342 g/mol. The summed E-state index contributed by atoms with van der Waals surface area (Å²) in [7, 11) is 1.56. The van der Waals surface area contributed by atoms with E-state index in [-0.39, 0.29) is 11.6 Å². The summed E-state index contributed by atoms with van der Waals surface area (Å²) in [5, 5.41) is 12.2. The maximum Gasteiger partial charge on any atom is 0.269 e. The Morgan fingerprint density at radius 2 is 1.85 bits per heavy atom. The number of ether oxygens (including phenoxy) is 2. The molecule has 1 N–H and O–H groups in total. The normalized spacial score (nSPS) is 10.2. The molecule has 0 atom stereocenters. The lowest BCUT2D eigenvalue weighted by molar-refractivity contribution is 0.0930. The Labute approximate surface area is 157 Å². The predicted octanol–water partition coefficient (Wildman–Crippen LogP) is 3.52. The number of nitriles is 1. The number of rotatable bonds is 7. The van der Waals surface area contributed by atoms with Gasteiger partial charge in [-0.25, -0.2) is 0 Å². The van der Waals surface area contributed by atoms with Crippen LogP contribution in [0.2, 0.25) is 0 Å². The van der Waals surface area contributed by atoms with Gasteiger partial charge in [0.15, 0.2) is 5.75 Å². The van der Waals surface area contributed by atoms with Crippen LogP contribution in [0.3, 0.4) is 0 Å². The van der Waals surface area contributed by atoms with Crippen LogP contribution >= 0.6 is 0 Å². The molecule has 1 heterocycles. The Balaban J connectivity index is 1.99. The third kappa shape index (κ3) is 4.17. The van der Waals surface area contributed by atoms with Gasteiger partial charge in [-0.2, -0.15) is 5.26 Å². The van der Waals surface area contributed by atoms with Crippen LogP contribution in [0, 0.1) is 11.3 Å². The third-order valence-corrected chi connectivity index (χ3v) is 3.91. The first-order valence-electron chi connectivity index (χ1n) is 8.45. The molecule has 0 aliphatic carbocycles. The molecule has 0 saturated carbocycles. The van der Waals surface area contributed by atoms with Crippen molar-refractivity contribution in [2.45, 2.75) is 0 Å². The average molecular weight is 361 g/mol. The standard InChI is InChI=1S/C21H19N3O3/c1-26-14-12-23-21(25)20-16(15-22)11-13-24(20)18-9-5-6-10-19(18)27-17-7-3-2-4-8-17/h2-11,13H,12,14H2,1H3,(H,23,25). The van der Waals surface area contributed by atoms with Crippen molar-refractivity contribution < 1.29 is 14.3 Å². The minimum atomic E-state index is -0.344. The number of hydrogen-bond donors (Lipinski definition) is 1. The van der Waals surface area contributed by atoms with Crippen LogP contribution in [-0.4, -0.2) is 30.7 Å². The lowest BCUT2D eigenvalue weighted by Crippen LogP contribution is -2.29. The third-order valence-electron chi connectivity index (χ3n) is 3.91. The fraction of sp³-hybridized carbons (Fsp3) is 0.143. The van der Waals surface area contributed by atoms with Crippen molar-refractivity contribution in [2.75, 3.05) is 20.3 Å². The first-order chi connectivity index (χ1) is 13.2. The zero-order valence-corrected chi connectivity index (χ0v) is 14.9. The minimum absolute atomic E-state index is 0.262. The first kappa shape index (κ1) is 18.2. The number of hydrogen-bond acceptors (Lipinski definition) is 4. The van der Waals surface area contributed by atoms with Gasteiger partial charge in [0.1, 0.15) is 17.5 Å². The molecule has 3 rings (SSSR count). The molecular formula is C21H19N3O3. The van der Waals surface area contributed by atoms with E-state index in [4.69, 9.17) is 9.47 Å². The Morgan fingerprint density at radius 3 is 2.59 bits per heavy atom. The molecule has 0 fully saturated rings. The molecule has 1 aromatic heterocycles. The Morgan fingerprint density at radius 1 is 1.11 bits per heavy atom. The first-order valence-corrected chi connectivity index (χ1v) is 8.45. The topological polar surface area (TPSA) is 76.3 Å². The SMILES string of the molecule is COCCNC(=O)c1c(C#N)ccn1-c1ccccc1Oc1ccccc1. The molecule has 6 heteroatoms. The van der Waals surface area contributed by atoms with Crippen molar-refractivity contribution >= 4 is 5.91 Å². The molecule has 2 aromatic carbocycles. The number of benzene rings is 2. The summed E-state index contributed by atoms with van der Waals surface area (Å²) in [6, 6.07) is 20.4. The minimum Gasteiger partial charge on any atom is -0.455 e. The van der Waals surface area contributed by atoms with Crippen LogP contribution in [0.15, 0.2) is 66.9 Å². The number of amides is 1. The molecule has 6 nitrogen and oxygen atoms in total. The smallest absolute Gasteiger partial charge is 0.269 e. The van der Waals surface area contributed by atoms with Gasteiger partial charge in [0.25, 0.3) is 5.91 Å². The van der Waals surface area contributed by atoms with E-state index in [9.17, 15) is 10.1 Å². The van der Waals surface area contributed by atoms with E-state index in [1.165, 1.54) is 0 Å². The van der Waals surface area contributed by atoms with E-state index in [1.54, 1.807) is 23.9 Å². The highest BCUT2D eigenvalue weighted by molar-refractivity contribution is 5.96. The number of aromatic nitrogens is 1. The van der Waals surface area contributed by atoms with E-state index in [0.29, 0.717) is 35.9 Å². The average Bonchev–Trinajstić information content (AvgIpc) is 3.13. The molecule has 0 unspecified atom stereocenters. The summed E-state index contributed by atoms with van der Waals surface area (Å²) in [6.07, 6.45) is 1.69. The second kappa shape index (κ2) is 8.70. The Bertz CT molecular complexity index is 958. The summed E-state index contributed by atoms with van der Waals surface area (Å²) in [6.45, 7) is 0.746. The number of carbonyl (C=O) groups excluding carboxylic acids is 1. The van der Waals surface area contributed by atoms with Gasteiger partial charge in [-0.1, -0.05) is 30.3 Å². The van der Waals surface area contributed by atoms with Crippen molar-refractivity contribution in [3.63, 3.8) is 0 Å². The van der Waals surface area contributed by atoms with Crippen molar-refractivity contribution in [1.82, 2.24) is 9.88 Å². The number of carbonyl (C=O) groups is 1. The molecule has 0 radical (unpaired) electrons. The van der Waals surface area contributed by atoms with Gasteiger partial charge in [0.05, 0.1) is 17.9 Å². The fourth-order valence-electron chi connectivity index (χ4n) is 2.66. The number of para-hydroxylation sites is 3. The van der Waals surface area contributed by atoms with E-state index in [0.717, 1.165) is 0 Å². The second-order valence-corrected chi connectivity index (χ2v) is 5.69. The number of nitrogens with one attached hydrogen (secondary N) is 1. The molecule has 136 valence electrons. The molecule has 0 bridgehead atoms. The van der Waals surface area contributed by atoms with Gasteiger partial charge >= 0.3 is 0 Å².